The van der Waals surface area contributed by atoms with Gasteiger partial charge in [0.25, 0.3) is 0 Å². The average molecular weight is 326 g/mol. The molecule has 0 fully saturated rings. The molecule has 120 valence electrons. The van der Waals surface area contributed by atoms with Crippen LogP contribution in [0.3, 0.4) is 0 Å². The Hall–Kier alpha value is -2.83. The molecule has 0 unspecified atom stereocenters. The molecule has 0 radical (unpaired) electrons. The van der Waals surface area contributed by atoms with Crippen LogP contribution in [0, 0.1) is 5.82 Å². The van der Waals surface area contributed by atoms with Crippen molar-refractivity contribution < 1.29 is 32.2 Å². The second-order valence-corrected chi connectivity index (χ2v) is 4.42. The van der Waals surface area contributed by atoms with Crippen molar-refractivity contribution in [2.75, 3.05) is 0 Å². The van der Waals surface area contributed by atoms with Crippen LogP contribution in [0.4, 0.5) is 17.6 Å². The molecule has 0 aliphatic heterocycles. The van der Waals surface area contributed by atoms with Crippen molar-refractivity contribution in [1.82, 2.24) is 0 Å². The van der Waals surface area contributed by atoms with Gasteiger partial charge in [0.2, 0.25) is 0 Å². The molecular formula is C16H10F4O3. The Morgan fingerprint density at radius 3 is 2.43 bits per heavy atom. The minimum Gasteiger partial charge on any atom is -0.478 e. The predicted octanol–water partition coefficient (Wildman–Crippen LogP) is 4.49. The Kier molecular flexibility index (Phi) is 4.68. The summed E-state index contributed by atoms with van der Waals surface area (Å²) >= 11 is 0. The topological polar surface area (TPSA) is 46.5 Å². The molecule has 1 N–H and O–H groups in total. The highest BCUT2D eigenvalue weighted by atomic mass is 19.4. The van der Waals surface area contributed by atoms with Crippen molar-refractivity contribution in [2.45, 2.75) is 6.36 Å². The van der Waals surface area contributed by atoms with Gasteiger partial charge in [-0.05, 0) is 23.8 Å². The van der Waals surface area contributed by atoms with Crippen molar-refractivity contribution in [3.63, 3.8) is 0 Å². The quantitative estimate of drug-likeness (QED) is 0.665. The molecule has 0 spiro atoms. The van der Waals surface area contributed by atoms with Gasteiger partial charge in [0.1, 0.15) is 11.6 Å². The van der Waals surface area contributed by atoms with E-state index in [1.165, 1.54) is 30.3 Å². The van der Waals surface area contributed by atoms with E-state index in [2.05, 4.69) is 4.74 Å². The molecule has 0 bridgehead atoms. The number of halogens is 4. The number of rotatable bonds is 4. The number of aliphatic carboxylic acids is 1. The van der Waals surface area contributed by atoms with Crippen LogP contribution in [0.25, 0.3) is 17.2 Å². The zero-order valence-electron chi connectivity index (χ0n) is 11.5. The van der Waals surface area contributed by atoms with Gasteiger partial charge in [0.05, 0.1) is 0 Å². The molecular weight excluding hydrogens is 316 g/mol. The first kappa shape index (κ1) is 16.5. The first-order valence-corrected chi connectivity index (χ1v) is 6.32. The highest BCUT2D eigenvalue weighted by Gasteiger charge is 2.32. The van der Waals surface area contributed by atoms with E-state index in [9.17, 15) is 22.4 Å². The van der Waals surface area contributed by atoms with Crippen molar-refractivity contribution in [3.8, 4) is 16.9 Å². The second-order valence-electron chi connectivity index (χ2n) is 4.42. The van der Waals surface area contributed by atoms with Gasteiger partial charge in [-0.3, -0.25) is 0 Å². The smallest absolute Gasteiger partial charge is 0.478 e. The summed E-state index contributed by atoms with van der Waals surface area (Å²) in [6.45, 7) is 0. The molecule has 0 amide bonds. The van der Waals surface area contributed by atoms with Crippen LogP contribution in [0.2, 0.25) is 0 Å². The van der Waals surface area contributed by atoms with Gasteiger partial charge in [0, 0.05) is 17.2 Å². The summed E-state index contributed by atoms with van der Waals surface area (Å²) in [6, 6.07) is 8.85. The standard InChI is InChI=1S/C16H10F4O3/c17-12-6-3-4-10(8-9-14(21)22)15(12)11-5-1-2-7-13(11)23-16(18,19)20/h1-9H,(H,21,22)/b9-8-. The molecule has 2 aromatic carbocycles. The third-order valence-corrected chi connectivity index (χ3v) is 2.83. The molecule has 0 saturated carbocycles. The first-order chi connectivity index (χ1) is 10.8. The third kappa shape index (κ3) is 4.32. The van der Waals surface area contributed by atoms with E-state index in [4.69, 9.17) is 5.11 Å². The Labute approximate surface area is 128 Å². The number of hydrogen-bond acceptors (Lipinski definition) is 2. The molecule has 2 aromatic rings. The summed E-state index contributed by atoms with van der Waals surface area (Å²) in [7, 11) is 0. The van der Waals surface area contributed by atoms with Crippen LogP contribution >= 0.6 is 0 Å². The molecule has 3 nitrogen and oxygen atoms in total. The molecule has 0 aromatic heterocycles. The number of para-hydroxylation sites is 1. The number of alkyl halides is 3. The Balaban J connectivity index is 2.61. The summed E-state index contributed by atoms with van der Waals surface area (Å²) in [5.41, 5.74) is -0.191. The number of hydrogen-bond donors (Lipinski definition) is 1. The van der Waals surface area contributed by atoms with Crippen LogP contribution in [-0.2, 0) is 4.79 Å². The molecule has 2 rings (SSSR count). The minimum absolute atomic E-state index is 0.116. The summed E-state index contributed by atoms with van der Waals surface area (Å²) in [4.78, 5) is 10.6. The zero-order valence-corrected chi connectivity index (χ0v) is 11.5. The van der Waals surface area contributed by atoms with Gasteiger partial charge in [-0.1, -0.05) is 30.3 Å². The molecule has 0 atom stereocenters. The number of carboxylic acids is 1. The minimum atomic E-state index is -4.93. The molecule has 0 saturated heterocycles. The second kappa shape index (κ2) is 6.51. The number of benzene rings is 2. The van der Waals surface area contributed by atoms with Gasteiger partial charge >= 0.3 is 12.3 Å². The van der Waals surface area contributed by atoms with E-state index in [0.29, 0.717) is 0 Å². The monoisotopic (exact) mass is 326 g/mol. The largest absolute Gasteiger partial charge is 0.573 e. The highest BCUT2D eigenvalue weighted by molar-refractivity contribution is 5.88. The van der Waals surface area contributed by atoms with Crippen LogP contribution < -0.4 is 4.74 Å². The normalized spacial score (nSPS) is 11.7. The molecule has 23 heavy (non-hydrogen) atoms. The van der Waals surface area contributed by atoms with Gasteiger partial charge in [-0.15, -0.1) is 13.2 Å². The van der Waals surface area contributed by atoms with Crippen molar-refractivity contribution in [1.29, 1.82) is 0 Å². The maximum absolute atomic E-state index is 14.2. The van der Waals surface area contributed by atoms with E-state index in [-0.39, 0.29) is 16.7 Å². The van der Waals surface area contributed by atoms with E-state index in [1.807, 2.05) is 0 Å². The Bertz CT molecular complexity index is 751. The van der Waals surface area contributed by atoms with E-state index in [1.54, 1.807) is 0 Å². The lowest BCUT2D eigenvalue weighted by molar-refractivity contribution is -0.274. The van der Waals surface area contributed by atoms with E-state index >= 15 is 0 Å². The number of carbonyl (C=O) groups is 1. The average Bonchev–Trinajstić information content (AvgIpc) is 2.44. The Morgan fingerprint density at radius 1 is 1.09 bits per heavy atom. The maximum Gasteiger partial charge on any atom is 0.573 e. The lowest BCUT2D eigenvalue weighted by Gasteiger charge is -2.15. The highest BCUT2D eigenvalue weighted by Crippen LogP contribution is 2.37. The van der Waals surface area contributed by atoms with Crippen LogP contribution in [0.15, 0.2) is 48.5 Å². The van der Waals surface area contributed by atoms with Crippen LogP contribution in [0.5, 0.6) is 5.75 Å². The first-order valence-electron chi connectivity index (χ1n) is 6.32. The van der Waals surface area contributed by atoms with Crippen molar-refractivity contribution >= 4 is 12.0 Å². The van der Waals surface area contributed by atoms with Gasteiger partial charge in [-0.2, -0.15) is 0 Å². The lowest BCUT2D eigenvalue weighted by atomic mass is 9.98. The van der Waals surface area contributed by atoms with E-state index < -0.39 is 23.9 Å². The van der Waals surface area contributed by atoms with E-state index in [0.717, 1.165) is 24.3 Å². The maximum atomic E-state index is 14.2. The van der Waals surface area contributed by atoms with Gasteiger partial charge in [0.15, 0.2) is 0 Å². The molecule has 7 heteroatoms. The van der Waals surface area contributed by atoms with Crippen molar-refractivity contribution in [3.05, 3.63) is 59.9 Å². The number of ether oxygens (including phenoxy) is 1. The van der Waals surface area contributed by atoms with Crippen molar-refractivity contribution in [2.24, 2.45) is 0 Å². The Morgan fingerprint density at radius 2 is 1.78 bits per heavy atom. The van der Waals surface area contributed by atoms with Crippen LogP contribution in [0.1, 0.15) is 5.56 Å². The molecule has 0 aliphatic rings. The third-order valence-electron chi connectivity index (χ3n) is 2.83. The van der Waals surface area contributed by atoms with Crippen LogP contribution in [-0.4, -0.2) is 17.4 Å². The fourth-order valence-electron chi connectivity index (χ4n) is 2.01. The summed E-state index contributed by atoms with van der Waals surface area (Å²) in [5, 5.41) is 8.66. The summed E-state index contributed by atoms with van der Waals surface area (Å²) in [6.07, 6.45) is -3.06. The predicted molar refractivity (Wildman–Crippen MR) is 75.2 cm³/mol. The van der Waals surface area contributed by atoms with Gasteiger partial charge in [-0.25, -0.2) is 9.18 Å². The van der Waals surface area contributed by atoms with Gasteiger partial charge < -0.3 is 9.84 Å². The fraction of sp³-hybridized carbons (Fsp3) is 0.0625. The molecule has 0 aliphatic carbocycles. The zero-order chi connectivity index (χ0) is 17.0. The fourth-order valence-corrected chi connectivity index (χ4v) is 2.01. The lowest BCUT2D eigenvalue weighted by Crippen LogP contribution is -2.17. The summed E-state index contributed by atoms with van der Waals surface area (Å²) in [5.74, 6) is -2.63. The number of carboxylic acid groups (broad SMARTS) is 1. The molecule has 0 heterocycles. The summed E-state index contributed by atoms with van der Waals surface area (Å²) < 4.78 is 55.5. The SMILES string of the molecule is O=C(O)/C=C\c1cccc(F)c1-c1ccccc1OC(F)(F)F.